The molecule has 2 aromatic heterocycles. The van der Waals surface area contributed by atoms with Gasteiger partial charge in [-0.25, -0.2) is 0 Å². The van der Waals surface area contributed by atoms with Crippen LogP contribution in [0.4, 0.5) is 5.69 Å². The van der Waals surface area contributed by atoms with Gasteiger partial charge in [0.15, 0.2) is 0 Å². The van der Waals surface area contributed by atoms with Crippen LogP contribution in [-0.2, 0) is 6.42 Å². The number of furan rings is 2. The summed E-state index contributed by atoms with van der Waals surface area (Å²) in [6, 6.07) is 14.4. The fraction of sp³-hybridized carbons (Fsp3) is 0.120. The molecule has 4 aromatic rings. The smallest absolute Gasteiger partial charge is 0.137 e. The van der Waals surface area contributed by atoms with Gasteiger partial charge >= 0.3 is 0 Å². The first-order valence-corrected chi connectivity index (χ1v) is 9.56. The Morgan fingerprint density at radius 3 is 2.71 bits per heavy atom. The highest BCUT2D eigenvalue weighted by atomic mass is 16.3. The summed E-state index contributed by atoms with van der Waals surface area (Å²) in [7, 11) is 0. The number of allylic oxidation sites excluding steroid dienone is 2. The molecule has 1 N–H and O–H groups in total. The van der Waals surface area contributed by atoms with Crippen LogP contribution in [0.2, 0.25) is 0 Å². The Morgan fingerprint density at radius 2 is 1.86 bits per heavy atom. The number of benzene rings is 2. The lowest BCUT2D eigenvalue weighted by Crippen LogP contribution is -2.06. The molecule has 0 saturated carbocycles. The number of fused-ring (bicyclic) bond motifs is 4. The third kappa shape index (κ3) is 2.67. The molecular formula is C25H21NO2. The summed E-state index contributed by atoms with van der Waals surface area (Å²) in [5.74, 6) is 1.76. The standard InChI is InChI=1S/C25H21NO2/c1-3-7-18-20-12-10-16(14-24(20)27-22(18)4-2)26-17-11-13-21-19-8-5-6-9-23(19)28-25(21)15-17/h3-9,11,13-15,26H,2,10,12H2,1H3/b7-3-. The Balaban J connectivity index is 1.49. The third-order valence-electron chi connectivity index (χ3n) is 5.26. The van der Waals surface area contributed by atoms with Crippen molar-refractivity contribution < 1.29 is 8.83 Å². The van der Waals surface area contributed by atoms with Crippen LogP contribution in [0, 0.1) is 0 Å². The van der Waals surface area contributed by atoms with Crippen LogP contribution in [0.5, 0.6) is 0 Å². The quantitative estimate of drug-likeness (QED) is 0.413. The van der Waals surface area contributed by atoms with Crippen molar-refractivity contribution in [3.05, 3.63) is 83.5 Å². The van der Waals surface area contributed by atoms with Crippen LogP contribution in [0.15, 0.2) is 69.7 Å². The van der Waals surface area contributed by atoms with Crippen molar-refractivity contribution in [2.75, 3.05) is 5.32 Å². The highest BCUT2D eigenvalue weighted by molar-refractivity contribution is 6.05. The fourth-order valence-electron chi connectivity index (χ4n) is 3.97. The Morgan fingerprint density at radius 1 is 1.00 bits per heavy atom. The maximum absolute atomic E-state index is 6.01. The molecule has 1 aliphatic carbocycles. The van der Waals surface area contributed by atoms with E-state index in [1.807, 2.05) is 31.2 Å². The van der Waals surface area contributed by atoms with Crippen molar-refractivity contribution in [2.45, 2.75) is 19.8 Å². The van der Waals surface area contributed by atoms with Gasteiger partial charge in [0.05, 0.1) is 0 Å². The molecule has 1 aliphatic rings. The van der Waals surface area contributed by atoms with Gasteiger partial charge in [0.2, 0.25) is 0 Å². The molecule has 138 valence electrons. The number of anilines is 1. The van der Waals surface area contributed by atoms with Gasteiger partial charge < -0.3 is 14.2 Å². The Kier molecular flexibility index (Phi) is 3.94. The fourth-order valence-corrected chi connectivity index (χ4v) is 3.97. The van der Waals surface area contributed by atoms with Crippen LogP contribution < -0.4 is 5.32 Å². The van der Waals surface area contributed by atoms with Crippen LogP contribution >= 0.6 is 0 Å². The molecule has 0 bridgehead atoms. The summed E-state index contributed by atoms with van der Waals surface area (Å²) in [6.45, 7) is 5.90. The molecule has 2 heterocycles. The van der Waals surface area contributed by atoms with E-state index in [0.29, 0.717) is 0 Å². The van der Waals surface area contributed by atoms with E-state index >= 15 is 0 Å². The first-order valence-electron chi connectivity index (χ1n) is 9.56. The summed E-state index contributed by atoms with van der Waals surface area (Å²) in [5, 5.41) is 5.82. The van der Waals surface area contributed by atoms with Crippen molar-refractivity contribution in [2.24, 2.45) is 0 Å². The topological polar surface area (TPSA) is 38.3 Å². The number of para-hydroxylation sites is 1. The Labute approximate surface area is 163 Å². The van der Waals surface area contributed by atoms with E-state index in [1.54, 1.807) is 6.08 Å². The monoisotopic (exact) mass is 367 g/mol. The van der Waals surface area contributed by atoms with Crippen LogP contribution in [0.3, 0.4) is 0 Å². The molecule has 0 saturated heterocycles. The van der Waals surface area contributed by atoms with Crippen LogP contribution in [-0.4, -0.2) is 0 Å². The Hall–Kier alpha value is -3.46. The van der Waals surface area contributed by atoms with E-state index < -0.39 is 0 Å². The van der Waals surface area contributed by atoms with Crippen LogP contribution in [0.25, 0.3) is 40.2 Å². The lowest BCUT2D eigenvalue weighted by Gasteiger charge is -2.15. The van der Waals surface area contributed by atoms with E-state index in [2.05, 4.69) is 48.3 Å². The molecule has 3 nitrogen and oxygen atoms in total. The molecule has 0 spiro atoms. The van der Waals surface area contributed by atoms with E-state index in [1.165, 1.54) is 5.56 Å². The predicted octanol–water partition coefficient (Wildman–Crippen LogP) is 7.25. The van der Waals surface area contributed by atoms with E-state index in [0.717, 1.165) is 63.2 Å². The minimum atomic E-state index is 0.837. The largest absolute Gasteiger partial charge is 0.456 e. The van der Waals surface area contributed by atoms with Crippen molar-refractivity contribution in [1.29, 1.82) is 0 Å². The third-order valence-corrected chi connectivity index (χ3v) is 5.26. The van der Waals surface area contributed by atoms with Crippen molar-refractivity contribution in [3.8, 4) is 0 Å². The van der Waals surface area contributed by atoms with Gasteiger partial charge in [-0.3, -0.25) is 0 Å². The van der Waals surface area contributed by atoms with Gasteiger partial charge in [-0.1, -0.05) is 36.9 Å². The summed E-state index contributed by atoms with van der Waals surface area (Å²) < 4.78 is 12.0. The molecule has 0 unspecified atom stereocenters. The minimum Gasteiger partial charge on any atom is -0.456 e. The number of hydrogen-bond donors (Lipinski definition) is 1. The van der Waals surface area contributed by atoms with Gasteiger partial charge in [-0.2, -0.15) is 0 Å². The lowest BCUT2D eigenvalue weighted by atomic mass is 9.97. The van der Waals surface area contributed by atoms with E-state index in [4.69, 9.17) is 8.83 Å². The predicted molar refractivity (Wildman–Crippen MR) is 117 cm³/mol. The minimum absolute atomic E-state index is 0.837. The van der Waals surface area contributed by atoms with Crippen molar-refractivity contribution >= 4 is 45.9 Å². The summed E-state index contributed by atoms with van der Waals surface area (Å²) in [4.78, 5) is 0. The SMILES string of the molecule is C=Cc1oc2c(c1/C=C\C)CCC(Nc1ccc3c(c1)oc1ccccc13)=C2. The number of hydrogen-bond acceptors (Lipinski definition) is 3. The maximum Gasteiger partial charge on any atom is 0.137 e. The average molecular weight is 367 g/mol. The lowest BCUT2D eigenvalue weighted by molar-refractivity contribution is 0.540. The molecule has 28 heavy (non-hydrogen) atoms. The second-order valence-corrected chi connectivity index (χ2v) is 7.03. The Bertz CT molecular complexity index is 1270. The van der Waals surface area contributed by atoms with Gasteiger partial charge in [0.1, 0.15) is 22.7 Å². The highest BCUT2D eigenvalue weighted by Gasteiger charge is 2.20. The van der Waals surface area contributed by atoms with Crippen LogP contribution in [0.1, 0.15) is 36.0 Å². The molecule has 5 rings (SSSR count). The van der Waals surface area contributed by atoms with Crippen molar-refractivity contribution in [3.63, 3.8) is 0 Å². The first-order chi connectivity index (χ1) is 13.8. The van der Waals surface area contributed by atoms with E-state index in [-0.39, 0.29) is 0 Å². The molecule has 2 aromatic carbocycles. The molecular weight excluding hydrogens is 346 g/mol. The van der Waals surface area contributed by atoms with Crippen molar-refractivity contribution in [1.82, 2.24) is 0 Å². The molecule has 0 radical (unpaired) electrons. The zero-order valence-electron chi connectivity index (χ0n) is 15.8. The summed E-state index contributed by atoms with van der Waals surface area (Å²) in [5.41, 5.74) is 6.37. The summed E-state index contributed by atoms with van der Waals surface area (Å²) >= 11 is 0. The molecule has 0 aliphatic heterocycles. The zero-order valence-corrected chi connectivity index (χ0v) is 15.8. The van der Waals surface area contributed by atoms with Gasteiger partial charge in [-0.05, 0) is 44.0 Å². The second-order valence-electron chi connectivity index (χ2n) is 7.03. The second kappa shape index (κ2) is 6.61. The maximum atomic E-state index is 6.01. The highest BCUT2D eigenvalue weighted by Crippen LogP contribution is 2.35. The average Bonchev–Trinajstić information content (AvgIpc) is 3.25. The molecule has 0 fully saturated rings. The summed E-state index contributed by atoms with van der Waals surface area (Å²) in [6.07, 6.45) is 9.90. The molecule has 0 amide bonds. The van der Waals surface area contributed by atoms with Gasteiger partial charge in [0, 0.05) is 45.4 Å². The zero-order chi connectivity index (χ0) is 19.1. The number of rotatable bonds is 4. The van der Waals surface area contributed by atoms with Gasteiger partial charge in [-0.15, -0.1) is 0 Å². The number of nitrogens with one attached hydrogen (secondary N) is 1. The van der Waals surface area contributed by atoms with E-state index in [9.17, 15) is 0 Å². The molecule has 3 heteroatoms. The van der Waals surface area contributed by atoms with Gasteiger partial charge in [0.25, 0.3) is 0 Å². The first kappa shape index (κ1) is 16.7. The molecule has 0 atom stereocenters. The normalized spacial score (nSPS) is 13.8.